The predicted molar refractivity (Wildman–Crippen MR) is 130 cm³/mol. The topological polar surface area (TPSA) is 92.9 Å². The number of carbonyl (C=O) groups excluding carboxylic acids is 1. The lowest BCUT2D eigenvalue weighted by molar-refractivity contribution is 0.0697. The van der Waals surface area contributed by atoms with E-state index in [4.69, 9.17) is 20.9 Å². The molecule has 4 aromatic rings. The number of aryl methyl sites for hydroxylation is 1. The third kappa shape index (κ3) is 4.51. The van der Waals surface area contributed by atoms with Crippen LogP contribution >= 0.6 is 11.6 Å². The maximum absolute atomic E-state index is 13.0. The summed E-state index contributed by atoms with van der Waals surface area (Å²) >= 11 is 6.43. The fraction of sp³-hybridized carbons (Fsp3) is 0.115. The molecule has 0 aliphatic rings. The molecule has 0 atom stereocenters. The number of anilines is 2. The summed E-state index contributed by atoms with van der Waals surface area (Å²) in [5.41, 5.74) is 3.63. The van der Waals surface area contributed by atoms with E-state index in [1.165, 1.54) is 11.0 Å². The van der Waals surface area contributed by atoms with Gasteiger partial charge in [-0.25, -0.2) is 14.5 Å². The van der Waals surface area contributed by atoms with Gasteiger partial charge in [0.2, 0.25) is 0 Å². The third-order valence-electron chi connectivity index (χ3n) is 5.18. The van der Waals surface area contributed by atoms with E-state index >= 15 is 0 Å². The molecule has 3 aromatic carbocycles. The lowest BCUT2D eigenvalue weighted by atomic mass is 9.99. The molecular weight excluding hydrogens is 456 g/mol. The minimum Gasteiger partial charge on any atom is -0.478 e. The second-order valence-electron chi connectivity index (χ2n) is 7.39. The largest absolute Gasteiger partial charge is 0.478 e. The number of para-hydroxylation sites is 1. The smallest absolute Gasteiger partial charge is 0.419 e. The minimum atomic E-state index is -1.00. The Bertz CT molecular complexity index is 1360. The molecule has 0 fully saturated rings. The highest BCUT2D eigenvalue weighted by Crippen LogP contribution is 2.41. The lowest BCUT2D eigenvalue weighted by Gasteiger charge is -2.23. The molecule has 0 radical (unpaired) electrons. The first-order chi connectivity index (χ1) is 16.4. The van der Waals surface area contributed by atoms with Crippen LogP contribution in [0, 0.1) is 6.92 Å². The van der Waals surface area contributed by atoms with Crippen LogP contribution < -0.4 is 4.90 Å². The molecule has 34 heavy (non-hydrogen) atoms. The number of ether oxygens (including phenoxy) is 1. The van der Waals surface area contributed by atoms with E-state index in [2.05, 4.69) is 5.16 Å². The van der Waals surface area contributed by atoms with Crippen molar-refractivity contribution in [2.24, 2.45) is 0 Å². The molecule has 0 bridgehead atoms. The predicted octanol–water partition coefficient (Wildman–Crippen LogP) is 6.96. The van der Waals surface area contributed by atoms with Crippen molar-refractivity contribution in [3.63, 3.8) is 0 Å². The van der Waals surface area contributed by atoms with Crippen molar-refractivity contribution < 1.29 is 24.0 Å². The number of halogens is 1. The van der Waals surface area contributed by atoms with Crippen molar-refractivity contribution >= 4 is 35.0 Å². The molecule has 0 saturated heterocycles. The van der Waals surface area contributed by atoms with E-state index in [0.717, 1.165) is 11.1 Å². The first-order valence-electron chi connectivity index (χ1n) is 10.5. The van der Waals surface area contributed by atoms with E-state index in [0.29, 0.717) is 33.4 Å². The van der Waals surface area contributed by atoms with Crippen molar-refractivity contribution in [2.45, 2.75) is 13.8 Å². The van der Waals surface area contributed by atoms with Crippen LogP contribution in [0.5, 0.6) is 0 Å². The van der Waals surface area contributed by atoms with Crippen LogP contribution in [-0.4, -0.2) is 28.9 Å². The van der Waals surface area contributed by atoms with Crippen LogP contribution in [-0.2, 0) is 4.74 Å². The number of aromatic carboxylic acids is 1. The van der Waals surface area contributed by atoms with Gasteiger partial charge < -0.3 is 14.4 Å². The molecule has 1 heterocycles. The SMILES string of the molecule is CCOC(=O)N(c1ccccc1Cl)c1c(-c2cccc(-c3cccc(C(=O)O)c3)c2)noc1C. The van der Waals surface area contributed by atoms with Gasteiger partial charge in [0.05, 0.1) is 22.9 Å². The highest BCUT2D eigenvalue weighted by Gasteiger charge is 2.30. The third-order valence-corrected chi connectivity index (χ3v) is 5.50. The maximum atomic E-state index is 13.0. The van der Waals surface area contributed by atoms with Crippen LogP contribution in [0.25, 0.3) is 22.4 Å². The van der Waals surface area contributed by atoms with Crippen LogP contribution in [0.3, 0.4) is 0 Å². The number of hydrogen-bond acceptors (Lipinski definition) is 5. The molecule has 4 rings (SSSR count). The Hall–Kier alpha value is -4.10. The summed E-state index contributed by atoms with van der Waals surface area (Å²) in [7, 11) is 0. The number of benzene rings is 3. The Kier molecular flexibility index (Phi) is 6.65. The summed E-state index contributed by atoms with van der Waals surface area (Å²) in [5.74, 6) is -0.599. The van der Waals surface area contributed by atoms with Gasteiger partial charge >= 0.3 is 12.1 Å². The minimum absolute atomic E-state index is 0.175. The van der Waals surface area contributed by atoms with Gasteiger partial charge in [-0.3, -0.25) is 0 Å². The first-order valence-corrected chi connectivity index (χ1v) is 10.9. The number of carbonyl (C=O) groups is 2. The summed E-state index contributed by atoms with van der Waals surface area (Å²) in [6, 6.07) is 21.0. The van der Waals surface area contributed by atoms with E-state index < -0.39 is 12.1 Å². The van der Waals surface area contributed by atoms with E-state index in [-0.39, 0.29) is 12.2 Å². The molecule has 8 heteroatoms. The number of carboxylic acid groups (broad SMARTS) is 1. The van der Waals surface area contributed by atoms with Gasteiger partial charge in [0, 0.05) is 5.56 Å². The number of carboxylic acids is 1. The van der Waals surface area contributed by atoms with Gasteiger partial charge in [-0.2, -0.15) is 0 Å². The fourth-order valence-corrected chi connectivity index (χ4v) is 3.85. The van der Waals surface area contributed by atoms with Gasteiger partial charge in [0.25, 0.3) is 0 Å². The zero-order chi connectivity index (χ0) is 24.2. The van der Waals surface area contributed by atoms with Gasteiger partial charge in [-0.15, -0.1) is 0 Å². The Morgan fingerprint density at radius 3 is 2.38 bits per heavy atom. The first kappa shape index (κ1) is 23.1. The van der Waals surface area contributed by atoms with E-state index in [1.807, 2.05) is 30.3 Å². The average molecular weight is 477 g/mol. The van der Waals surface area contributed by atoms with Crippen LogP contribution in [0.15, 0.2) is 77.3 Å². The molecule has 1 amide bonds. The van der Waals surface area contributed by atoms with Gasteiger partial charge in [0.15, 0.2) is 5.76 Å². The number of amides is 1. The van der Waals surface area contributed by atoms with E-state index in [9.17, 15) is 14.7 Å². The molecule has 1 aromatic heterocycles. The highest BCUT2D eigenvalue weighted by atomic mass is 35.5. The highest BCUT2D eigenvalue weighted by molar-refractivity contribution is 6.34. The standard InChI is InChI=1S/C26H21ClN2O5/c1-3-33-26(32)29(22-13-5-4-12-21(22)27)24-16(2)34-28-23(24)19-10-6-8-17(14-19)18-9-7-11-20(15-18)25(30)31/h4-15H,3H2,1-2H3,(H,30,31). The molecular formula is C26H21ClN2O5. The Morgan fingerprint density at radius 1 is 1.00 bits per heavy atom. The van der Waals surface area contributed by atoms with E-state index in [1.54, 1.807) is 50.2 Å². The monoisotopic (exact) mass is 476 g/mol. The summed E-state index contributed by atoms with van der Waals surface area (Å²) < 4.78 is 10.8. The van der Waals surface area contributed by atoms with Crippen molar-refractivity contribution in [3.8, 4) is 22.4 Å². The van der Waals surface area contributed by atoms with Gasteiger partial charge in [-0.05, 0) is 55.3 Å². The number of rotatable bonds is 6. The second kappa shape index (κ2) is 9.80. The summed E-state index contributed by atoms with van der Waals surface area (Å²) in [6.45, 7) is 3.60. The van der Waals surface area contributed by atoms with Crippen LogP contribution in [0.1, 0.15) is 23.0 Å². The summed E-state index contributed by atoms with van der Waals surface area (Å²) in [6.07, 6.45) is -0.617. The molecule has 1 N–H and O–H groups in total. The number of nitrogens with zero attached hydrogens (tertiary/aromatic N) is 2. The van der Waals surface area contributed by atoms with Crippen molar-refractivity contribution in [3.05, 3.63) is 89.1 Å². The molecule has 172 valence electrons. The Labute approximate surface area is 201 Å². The molecule has 0 spiro atoms. The number of hydrogen-bond donors (Lipinski definition) is 1. The maximum Gasteiger partial charge on any atom is 0.419 e. The molecule has 0 unspecified atom stereocenters. The zero-order valence-electron chi connectivity index (χ0n) is 18.5. The van der Waals surface area contributed by atoms with Crippen molar-refractivity contribution in [1.29, 1.82) is 0 Å². The molecule has 7 nitrogen and oxygen atoms in total. The molecule has 0 aliphatic heterocycles. The quantitative estimate of drug-likeness (QED) is 0.323. The lowest BCUT2D eigenvalue weighted by Crippen LogP contribution is -2.27. The number of aromatic nitrogens is 1. The zero-order valence-corrected chi connectivity index (χ0v) is 19.2. The van der Waals surface area contributed by atoms with Crippen molar-refractivity contribution in [2.75, 3.05) is 11.5 Å². The molecule has 0 saturated carbocycles. The normalized spacial score (nSPS) is 10.7. The molecule has 0 aliphatic carbocycles. The Morgan fingerprint density at radius 2 is 1.68 bits per heavy atom. The van der Waals surface area contributed by atoms with Crippen molar-refractivity contribution in [1.82, 2.24) is 5.16 Å². The summed E-state index contributed by atoms with van der Waals surface area (Å²) in [4.78, 5) is 25.8. The average Bonchev–Trinajstić information content (AvgIpc) is 3.22. The van der Waals surface area contributed by atoms with Crippen LogP contribution in [0.4, 0.5) is 16.2 Å². The van der Waals surface area contributed by atoms with Gasteiger partial charge in [-0.1, -0.05) is 59.2 Å². The van der Waals surface area contributed by atoms with Crippen LogP contribution in [0.2, 0.25) is 5.02 Å². The Balaban J connectivity index is 1.85. The fourth-order valence-electron chi connectivity index (χ4n) is 3.63. The second-order valence-corrected chi connectivity index (χ2v) is 7.80. The van der Waals surface area contributed by atoms with Gasteiger partial charge in [0.1, 0.15) is 11.4 Å². The summed E-state index contributed by atoms with van der Waals surface area (Å²) in [5, 5.41) is 13.9.